The fourth-order valence-electron chi connectivity index (χ4n) is 1.65. The highest BCUT2D eigenvalue weighted by Crippen LogP contribution is 2.13. The molecule has 17 heavy (non-hydrogen) atoms. The van der Waals surface area contributed by atoms with Gasteiger partial charge in [-0.2, -0.15) is 0 Å². The normalized spacial score (nSPS) is 10.8. The van der Waals surface area contributed by atoms with E-state index >= 15 is 0 Å². The van der Waals surface area contributed by atoms with Crippen LogP contribution in [0.2, 0.25) is 5.28 Å². The topological polar surface area (TPSA) is 30.7 Å². The van der Waals surface area contributed by atoms with E-state index < -0.39 is 0 Å². The molecule has 0 aliphatic heterocycles. The molecular formula is C12H13ClFN3. The van der Waals surface area contributed by atoms with E-state index in [1.807, 2.05) is 4.57 Å². The lowest BCUT2D eigenvalue weighted by Gasteiger charge is -2.07. The molecule has 0 radical (unpaired) electrons. The molecule has 3 nitrogen and oxygen atoms in total. The molecule has 2 rings (SSSR count). The van der Waals surface area contributed by atoms with Gasteiger partial charge in [-0.15, -0.1) is 10.2 Å². The van der Waals surface area contributed by atoms with Crippen LogP contribution in [0.15, 0.2) is 24.3 Å². The van der Waals surface area contributed by atoms with E-state index in [4.69, 9.17) is 11.6 Å². The molecule has 0 amide bonds. The van der Waals surface area contributed by atoms with Crippen molar-refractivity contribution in [2.75, 3.05) is 0 Å². The highest BCUT2D eigenvalue weighted by atomic mass is 35.5. The van der Waals surface area contributed by atoms with Crippen molar-refractivity contribution >= 4 is 11.6 Å². The van der Waals surface area contributed by atoms with Crippen LogP contribution in [0.1, 0.15) is 24.7 Å². The summed E-state index contributed by atoms with van der Waals surface area (Å²) in [4.78, 5) is 0. The van der Waals surface area contributed by atoms with Crippen molar-refractivity contribution in [3.8, 4) is 0 Å². The van der Waals surface area contributed by atoms with Crippen LogP contribution in [0.3, 0.4) is 0 Å². The number of nitrogens with zero attached hydrogens (tertiary/aromatic N) is 3. The van der Waals surface area contributed by atoms with Gasteiger partial charge in [-0.25, -0.2) is 4.39 Å². The minimum atomic E-state index is -0.239. The summed E-state index contributed by atoms with van der Waals surface area (Å²) in [6, 6.07) is 6.35. The van der Waals surface area contributed by atoms with E-state index in [2.05, 4.69) is 17.1 Å². The zero-order chi connectivity index (χ0) is 12.3. The summed E-state index contributed by atoms with van der Waals surface area (Å²) in [5.74, 6) is 0.624. The van der Waals surface area contributed by atoms with Crippen molar-refractivity contribution < 1.29 is 4.39 Å². The monoisotopic (exact) mass is 253 g/mol. The molecule has 1 aromatic heterocycles. The first-order chi connectivity index (χ1) is 8.20. The first kappa shape index (κ1) is 12.0. The van der Waals surface area contributed by atoms with Gasteiger partial charge in [0.25, 0.3) is 0 Å². The van der Waals surface area contributed by atoms with E-state index in [-0.39, 0.29) is 5.82 Å². The van der Waals surface area contributed by atoms with Crippen LogP contribution in [0, 0.1) is 5.82 Å². The van der Waals surface area contributed by atoms with Crippen molar-refractivity contribution in [1.29, 1.82) is 0 Å². The maximum absolute atomic E-state index is 12.8. The molecule has 0 aliphatic rings. The highest BCUT2D eigenvalue weighted by molar-refractivity contribution is 6.28. The van der Waals surface area contributed by atoms with Crippen LogP contribution >= 0.6 is 11.6 Å². The van der Waals surface area contributed by atoms with E-state index in [0.29, 0.717) is 11.8 Å². The molecule has 2 aromatic rings. The summed E-state index contributed by atoms with van der Waals surface area (Å²) in [5, 5.41) is 8.25. The summed E-state index contributed by atoms with van der Waals surface area (Å²) in [6.45, 7) is 2.65. The van der Waals surface area contributed by atoms with E-state index in [0.717, 1.165) is 24.2 Å². The van der Waals surface area contributed by atoms with Crippen molar-refractivity contribution in [3.63, 3.8) is 0 Å². The van der Waals surface area contributed by atoms with Crippen LogP contribution in [0.4, 0.5) is 4.39 Å². The number of rotatable bonds is 4. The third kappa shape index (κ3) is 2.82. The molecule has 0 atom stereocenters. The average molecular weight is 254 g/mol. The Kier molecular flexibility index (Phi) is 3.74. The van der Waals surface area contributed by atoms with Gasteiger partial charge in [0, 0.05) is 6.42 Å². The smallest absolute Gasteiger partial charge is 0.225 e. The molecule has 0 fully saturated rings. The molecule has 0 aliphatic carbocycles. The van der Waals surface area contributed by atoms with Gasteiger partial charge in [0.2, 0.25) is 5.28 Å². The minimum absolute atomic E-state index is 0.239. The van der Waals surface area contributed by atoms with Crippen LogP contribution in [-0.2, 0) is 13.0 Å². The van der Waals surface area contributed by atoms with Crippen molar-refractivity contribution in [1.82, 2.24) is 14.8 Å². The molecule has 0 saturated carbocycles. The summed E-state index contributed by atoms with van der Waals surface area (Å²) >= 11 is 5.98. The fraction of sp³-hybridized carbons (Fsp3) is 0.333. The molecule has 1 heterocycles. The van der Waals surface area contributed by atoms with Crippen LogP contribution in [0.5, 0.6) is 0 Å². The maximum Gasteiger partial charge on any atom is 0.225 e. The Labute approximate surface area is 104 Å². The quantitative estimate of drug-likeness (QED) is 0.838. The molecule has 0 N–H and O–H groups in total. The van der Waals surface area contributed by atoms with Gasteiger partial charge in [-0.3, -0.25) is 4.57 Å². The van der Waals surface area contributed by atoms with Crippen molar-refractivity contribution in [2.24, 2.45) is 0 Å². The standard InChI is InChI=1S/C12H13ClFN3/c1-2-3-11-15-16-12(13)17(11)8-9-4-6-10(14)7-5-9/h4-7H,2-3,8H2,1H3. The molecule has 0 saturated heterocycles. The third-order valence-electron chi connectivity index (χ3n) is 2.51. The number of hydrogen-bond donors (Lipinski definition) is 0. The molecule has 0 bridgehead atoms. The van der Waals surface area contributed by atoms with E-state index in [1.165, 1.54) is 12.1 Å². The minimum Gasteiger partial charge on any atom is -0.297 e. The Hall–Kier alpha value is -1.42. The van der Waals surface area contributed by atoms with Crippen LogP contribution in [0.25, 0.3) is 0 Å². The highest BCUT2D eigenvalue weighted by Gasteiger charge is 2.09. The Balaban J connectivity index is 2.22. The Morgan fingerprint density at radius 3 is 2.59 bits per heavy atom. The predicted molar refractivity (Wildman–Crippen MR) is 64.5 cm³/mol. The first-order valence-corrected chi connectivity index (χ1v) is 5.90. The number of hydrogen-bond acceptors (Lipinski definition) is 2. The molecular weight excluding hydrogens is 241 g/mol. The predicted octanol–water partition coefficient (Wildman–Crippen LogP) is 3.07. The van der Waals surface area contributed by atoms with Gasteiger partial charge >= 0.3 is 0 Å². The molecule has 90 valence electrons. The van der Waals surface area contributed by atoms with Gasteiger partial charge in [0.05, 0.1) is 6.54 Å². The lowest BCUT2D eigenvalue weighted by molar-refractivity contribution is 0.625. The molecule has 0 unspecified atom stereocenters. The number of halogens is 2. The Bertz CT molecular complexity index is 493. The van der Waals surface area contributed by atoms with Crippen LogP contribution in [-0.4, -0.2) is 14.8 Å². The third-order valence-corrected chi connectivity index (χ3v) is 2.79. The van der Waals surface area contributed by atoms with Gasteiger partial charge in [-0.1, -0.05) is 19.1 Å². The summed E-state index contributed by atoms with van der Waals surface area (Å²) < 4.78 is 14.6. The molecule has 1 aromatic carbocycles. The van der Waals surface area contributed by atoms with Crippen molar-refractivity contribution in [3.05, 3.63) is 46.8 Å². The van der Waals surface area contributed by atoms with Gasteiger partial charge in [0.1, 0.15) is 11.6 Å². The second kappa shape index (κ2) is 5.27. The number of aryl methyl sites for hydroxylation is 1. The van der Waals surface area contributed by atoms with Gasteiger partial charge in [-0.05, 0) is 35.7 Å². The second-order valence-corrected chi connectivity index (χ2v) is 4.19. The lowest BCUT2D eigenvalue weighted by atomic mass is 10.2. The average Bonchev–Trinajstić information content (AvgIpc) is 2.65. The summed E-state index contributed by atoms with van der Waals surface area (Å²) in [7, 11) is 0. The van der Waals surface area contributed by atoms with Gasteiger partial charge < -0.3 is 0 Å². The zero-order valence-electron chi connectivity index (χ0n) is 9.53. The molecule has 5 heteroatoms. The van der Waals surface area contributed by atoms with E-state index in [1.54, 1.807) is 12.1 Å². The van der Waals surface area contributed by atoms with Crippen LogP contribution < -0.4 is 0 Å². The summed E-state index contributed by atoms with van der Waals surface area (Å²) in [6.07, 6.45) is 1.82. The Morgan fingerprint density at radius 2 is 1.94 bits per heavy atom. The number of benzene rings is 1. The first-order valence-electron chi connectivity index (χ1n) is 5.52. The van der Waals surface area contributed by atoms with Gasteiger partial charge in [0.15, 0.2) is 0 Å². The van der Waals surface area contributed by atoms with Crippen molar-refractivity contribution in [2.45, 2.75) is 26.3 Å². The Morgan fingerprint density at radius 1 is 1.24 bits per heavy atom. The summed E-state index contributed by atoms with van der Waals surface area (Å²) in [5.41, 5.74) is 0.977. The molecule has 0 spiro atoms. The SMILES string of the molecule is CCCc1nnc(Cl)n1Cc1ccc(F)cc1. The zero-order valence-corrected chi connectivity index (χ0v) is 10.3. The fourth-order valence-corrected chi connectivity index (χ4v) is 1.85. The lowest BCUT2D eigenvalue weighted by Crippen LogP contribution is -2.05. The second-order valence-electron chi connectivity index (χ2n) is 3.85. The maximum atomic E-state index is 12.8. The van der Waals surface area contributed by atoms with E-state index in [9.17, 15) is 4.39 Å². The largest absolute Gasteiger partial charge is 0.297 e. The number of aromatic nitrogens is 3.